The summed E-state index contributed by atoms with van der Waals surface area (Å²) in [5, 5.41) is 9.10. The second-order valence-electron chi connectivity index (χ2n) is 6.55. The molecule has 4 heteroatoms. The van der Waals surface area contributed by atoms with E-state index in [-0.39, 0.29) is 5.54 Å². The predicted molar refractivity (Wildman–Crippen MR) is 89.8 cm³/mol. The van der Waals surface area contributed by atoms with E-state index in [0.717, 1.165) is 12.2 Å². The van der Waals surface area contributed by atoms with Crippen molar-refractivity contribution in [1.82, 2.24) is 15.1 Å². The van der Waals surface area contributed by atoms with Gasteiger partial charge in [-0.15, -0.1) is 0 Å². The molecule has 0 saturated heterocycles. The first kappa shape index (κ1) is 16.1. The van der Waals surface area contributed by atoms with Gasteiger partial charge in [-0.25, -0.2) is 0 Å². The number of aromatic nitrogens is 2. The first-order valence-electron chi connectivity index (χ1n) is 7.28. The van der Waals surface area contributed by atoms with Crippen molar-refractivity contribution in [3.05, 3.63) is 41.1 Å². The SMILES string of the molecule is Cc1cc(Sc2ccc(CNC(C)(C)C)cc2C)n(C)n1. The molecule has 21 heavy (non-hydrogen) atoms. The second kappa shape index (κ2) is 6.24. The van der Waals surface area contributed by atoms with Gasteiger partial charge in [-0.3, -0.25) is 4.68 Å². The molecule has 0 spiro atoms. The van der Waals surface area contributed by atoms with Crippen LogP contribution >= 0.6 is 11.8 Å². The summed E-state index contributed by atoms with van der Waals surface area (Å²) in [6.45, 7) is 11.7. The molecule has 1 N–H and O–H groups in total. The van der Waals surface area contributed by atoms with Crippen LogP contribution in [0.3, 0.4) is 0 Å². The molecule has 0 aliphatic heterocycles. The maximum Gasteiger partial charge on any atom is 0.0987 e. The van der Waals surface area contributed by atoms with Gasteiger partial charge in [-0.05, 0) is 57.9 Å². The van der Waals surface area contributed by atoms with Crippen molar-refractivity contribution in [2.24, 2.45) is 7.05 Å². The Morgan fingerprint density at radius 1 is 1.19 bits per heavy atom. The minimum Gasteiger partial charge on any atom is -0.308 e. The predicted octanol–water partition coefficient (Wildman–Crippen LogP) is 4.08. The minimum absolute atomic E-state index is 0.146. The summed E-state index contributed by atoms with van der Waals surface area (Å²) in [5.74, 6) is 0. The highest BCUT2D eigenvalue weighted by Crippen LogP contribution is 2.30. The zero-order valence-electron chi connectivity index (χ0n) is 13.8. The van der Waals surface area contributed by atoms with E-state index < -0.39 is 0 Å². The van der Waals surface area contributed by atoms with E-state index in [2.05, 4.69) is 62.4 Å². The Balaban J connectivity index is 2.10. The van der Waals surface area contributed by atoms with Gasteiger partial charge in [-0.2, -0.15) is 5.10 Å². The first-order valence-corrected chi connectivity index (χ1v) is 8.09. The largest absolute Gasteiger partial charge is 0.308 e. The van der Waals surface area contributed by atoms with Crippen LogP contribution in [0.25, 0.3) is 0 Å². The third-order valence-electron chi connectivity index (χ3n) is 3.24. The molecule has 0 aliphatic rings. The monoisotopic (exact) mass is 303 g/mol. The molecule has 0 fully saturated rings. The van der Waals surface area contributed by atoms with E-state index in [1.807, 2.05) is 18.7 Å². The summed E-state index contributed by atoms with van der Waals surface area (Å²) < 4.78 is 1.94. The van der Waals surface area contributed by atoms with Crippen molar-refractivity contribution in [3.63, 3.8) is 0 Å². The van der Waals surface area contributed by atoms with Gasteiger partial charge in [0.15, 0.2) is 0 Å². The molecule has 1 aromatic carbocycles. The van der Waals surface area contributed by atoms with Crippen LogP contribution in [-0.4, -0.2) is 15.3 Å². The molecule has 114 valence electrons. The summed E-state index contributed by atoms with van der Waals surface area (Å²) in [6.07, 6.45) is 0. The zero-order chi connectivity index (χ0) is 15.6. The standard InChI is InChI=1S/C17H25N3S/c1-12-9-14(11-18-17(3,4)5)7-8-15(12)21-16-10-13(2)19-20(16)6/h7-10,18H,11H2,1-6H3. The maximum absolute atomic E-state index is 4.40. The summed E-state index contributed by atoms with van der Waals surface area (Å²) in [5.41, 5.74) is 3.84. The van der Waals surface area contributed by atoms with Gasteiger partial charge in [-0.1, -0.05) is 23.9 Å². The average molecular weight is 303 g/mol. The first-order chi connectivity index (χ1) is 9.74. The molecule has 0 radical (unpaired) electrons. The lowest BCUT2D eigenvalue weighted by molar-refractivity contribution is 0.424. The lowest BCUT2D eigenvalue weighted by Gasteiger charge is -2.21. The Morgan fingerprint density at radius 2 is 1.90 bits per heavy atom. The van der Waals surface area contributed by atoms with Crippen LogP contribution < -0.4 is 5.32 Å². The smallest absolute Gasteiger partial charge is 0.0987 e. The lowest BCUT2D eigenvalue weighted by Crippen LogP contribution is -2.35. The molecule has 1 aromatic heterocycles. The molecule has 2 aromatic rings. The average Bonchev–Trinajstić information content (AvgIpc) is 2.67. The van der Waals surface area contributed by atoms with Gasteiger partial charge in [0.2, 0.25) is 0 Å². The third-order valence-corrected chi connectivity index (χ3v) is 4.50. The number of hydrogen-bond donors (Lipinski definition) is 1. The second-order valence-corrected chi connectivity index (χ2v) is 7.62. The molecule has 0 amide bonds. The van der Waals surface area contributed by atoms with Gasteiger partial charge in [0.1, 0.15) is 0 Å². The maximum atomic E-state index is 4.40. The molecule has 0 atom stereocenters. The van der Waals surface area contributed by atoms with Crippen LogP contribution in [0.1, 0.15) is 37.6 Å². The van der Waals surface area contributed by atoms with Crippen LogP contribution in [0, 0.1) is 13.8 Å². The quantitative estimate of drug-likeness (QED) is 0.923. The van der Waals surface area contributed by atoms with E-state index in [0.29, 0.717) is 0 Å². The highest BCUT2D eigenvalue weighted by Gasteiger charge is 2.10. The lowest BCUT2D eigenvalue weighted by atomic mass is 10.1. The van der Waals surface area contributed by atoms with Crippen LogP contribution in [0.15, 0.2) is 34.2 Å². The molecular weight excluding hydrogens is 278 g/mol. The van der Waals surface area contributed by atoms with Crippen molar-refractivity contribution in [2.45, 2.75) is 56.6 Å². The minimum atomic E-state index is 0.146. The molecule has 3 nitrogen and oxygen atoms in total. The van der Waals surface area contributed by atoms with Crippen LogP contribution in [0.2, 0.25) is 0 Å². The van der Waals surface area contributed by atoms with Gasteiger partial charge in [0, 0.05) is 24.0 Å². The van der Waals surface area contributed by atoms with Crippen molar-refractivity contribution in [2.75, 3.05) is 0 Å². The Hall–Kier alpha value is -1.26. The van der Waals surface area contributed by atoms with Crippen LogP contribution in [0.4, 0.5) is 0 Å². The summed E-state index contributed by atoms with van der Waals surface area (Å²) >= 11 is 1.77. The summed E-state index contributed by atoms with van der Waals surface area (Å²) in [6, 6.07) is 8.81. The van der Waals surface area contributed by atoms with Crippen molar-refractivity contribution in [3.8, 4) is 0 Å². The number of hydrogen-bond acceptors (Lipinski definition) is 3. The molecular formula is C17H25N3S. The Labute approximate surface area is 132 Å². The highest BCUT2D eigenvalue weighted by molar-refractivity contribution is 7.99. The molecule has 0 aliphatic carbocycles. The number of rotatable bonds is 4. The third kappa shape index (κ3) is 4.61. The van der Waals surface area contributed by atoms with Crippen LogP contribution in [-0.2, 0) is 13.6 Å². The van der Waals surface area contributed by atoms with Gasteiger partial charge in [0.25, 0.3) is 0 Å². The summed E-state index contributed by atoms with van der Waals surface area (Å²) in [7, 11) is 1.99. The number of nitrogens with one attached hydrogen (secondary N) is 1. The number of aryl methyl sites for hydroxylation is 3. The molecule has 0 unspecified atom stereocenters. The fourth-order valence-electron chi connectivity index (χ4n) is 2.10. The Morgan fingerprint density at radius 3 is 2.43 bits per heavy atom. The molecule has 1 heterocycles. The fourth-order valence-corrected chi connectivity index (χ4v) is 3.08. The summed E-state index contributed by atoms with van der Waals surface area (Å²) in [4.78, 5) is 1.29. The number of benzene rings is 1. The topological polar surface area (TPSA) is 29.9 Å². The molecule has 0 saturated carbocycles. The van der Waals surface area contributed by atoms with E-state index in [1.54, 1.807) is 11.8 Å². The van der Waals surface area contributed by atoms with E-state index in [9.17, 15) is 0 Å². The van der Waals surface area contributed by atoms with Gasteiger partial charge in [0.05, 0.1) is 10.7 Å². The highest BCUT2D eigenvalue weighted by atomic mass is 32.2. The van der Waals surface area contributed by atoms with Crippen LogP contribution in [0.5, 0.6) is 0 Å². The fraction of sp³-hybridized carbons (Fsp3) is 0.471. The Kier molecular flexibility index (Phi) is 4.79. The van der Waals surface area contributed by atoms with E-state index >= 15 is 0 Å². The molecule has 0 bridgehead atoms. The Bertz CT molecular complexity index is 623. The normalized spacial score (nSPS) is 11.9. The van der Waals surface area contributed by atoms with Crippen molar-refractivity contribution >= 4 is 11.8 Å². The van der Waals surface area contributed by atoms with Gasteiger partial charge >= 0.3 is 0 Å². The van der Waals surface area contributed by atoms with Crippen molar-refractivity contribution in [1.29, 1.82) is 0 Å². The van der Waals surface area contributed by atoms with E-state index in [4.69, 9.17) is 0 Å². The van der Waals surface area contributed by atoms with Crippen molar-refractivity contribution < 1.29 is 0 Å². The number of nitrogens with zero attached hydrogens (tertiary/aromatic N) is 2. The van der Waals surface area contributed by atoms with E-state index in [1.165, 1.54) is 21.0 Å². The molecule has 2 rings (SSSR count). The zero-order valence-corrected chi connectivity index (χ0v) is 14.6. The van der Waals surface area contributed by atoms with Gasteiger partial charge < -0.3 is 5.32 Å².